The third kappa shape index (κ3) is 15.6. The summed E-state index contributed by atoms with van der Waals surface area (Å²) >= 11 is 0. The summed E-state index contributed by atoms with van der Waals surface area (Å²) in [4.78, 5) is 70.3. The zero-order valence-corrected chi connectivity index (χ0v) is 37.6. The average molecular weight is 909 g/mol. The van der Waals surface area contributed by atoms with Crippen molar-refractivity contribution in [3.05, 3.63) is 77.6 Å². The molecule has 65 heavy (non-hydrogen) atoms. The number of hydrogen-bond acceptors (Lipinski definition) is 11. The molecule has 0 bridgehead atoms. The number of halogens is 3. The number of H-pyrrole nitrogens is 1. The van der Waals surface area contributed by atoms with Crippen LogP contribution in [0.1, 0.15) is 88.5 Å². The second-order valence-corrected chi connectivity index (χ2v) is 16.7. The molecule has 2 heterocycles. The van der Waals surface area contributed by atoms with E-state index >= 15 is 0 Å². The van der Waals surface area contributed by atoms with Crippen LogP contribution in [0.15, 0.2) is 60.7 Å². The van der Waals surface area contributed by atoms with Crippen LogP contribution < -0.4 is 21.3 Å². The van der Waals surface area contributed by atoms with Crippen LogP contribution >= 0.6 is 0 Å². The van der Waals surface area contributed by atoms with E-state index in [0.717, 1.165) is 61.3 Å². The zero-order valence-electron chi connectivity index (χ0n) is 37.6. The number of amides is 4. The van der Waals surface area contributed by atoms with Gasteiger partial charge in [-0.2, -0.15) is 18.4 Å². The molecule has 4 aromatic rings. The van der Waals surface area contributed by atoms with Crippen molar-refractivity contribution in [3.8, 4) is 22.5 Å². The first-order valence-corrected chi connectivity index (χ1v) is 21.5. The van der Waals surface area contributed by atoms with Gasteiger partial charge >= 0.3 is 18.2 Å². The summed E-state index contributed by atoms with van der Waals surface area (Å²) in [5.41, 5.74) is 10.4. The number of aliphatic carboxylic acids is 1. The number of carboxylic acid groups (broad SMARTS) is 1. The van der Waals surface area contributed by atoms with Crippen LogP contribution in [0.3, 0.4) is 0 Å². The highest BCUT2D eigenvalue weighted by Crippen LogP contribution is 2.33. The highest BCUT2D eigenvalue weighted by molar-refractivity contribution is 6.02. The zero-order chi connectivity index (χ0) is 47.9. The van der Waals surface area contributed by atoms with E-state index in [2.05, 4.69) is 55.0 Å². The number of nitrogens with two attached hydrogens (primary N) is 1. The van der Waals surface area contributed by atoms with E-state index in [1.54, 1.807) is 35.2 Å². The molecule has 20 heteroatoms. The van der Waals surface area contributed by atoms with Gasteiger partial charge in [-0.25, -0.2) is 14.6 Å². The van der Waals surface area contributed by atoms with Gasteiger partial charge in [0.2, 0.25) is 17.6 Å². The number of nitrogens with one attached hydrogen (secondary N) is 3. The van der Waals surface area contributed by atoms with Gasteiger partial charge in [0.1, 0.15) is 17.3 Å². The smallest absolute Gasteiger partial charge is 0.475 e. The van der Waals surface area contributed by atoms with Gasteiger partial charge in [-0.15, -0.1) is 10.2 Å². The van der Waals surface area contributed by atoms with Crippen LogP contribution in [-0.2, 0) is 25.5 Å². The Bertz CT molecular complexity index is 2190. The summed E-state index contributed by atoms with van der Waals surface area (Å²) < 4.78 is 37.1. The number of alkyl halides is 3. The molecule has 2 aromatic heterocycles. The fourth-order valence-electron chi connectivity index (χ4n) is 7.36. The Labute approximate surface area is 376 Å². The first-order valence-electron chi connectivity index (χ1n) is 21.5. The van der Waals surface area contributed by atoms with E-state index in [1.807, 2.05) is 58.0 Å². The summed E-state index contributed by atoms with van der Waals surface area (Å²) in [5.74, 6) is -3.50. The van der Waals surface area contributed by atoms with E-state index in [0.29, 0.717) is 48.7 Å². The maximum Gasteiger partial charge on any atom is 0.490 e. The number of carboxylic acids is 1. The van der Waals surface area contributed by atoms with Gasteiger partial charge in [0.05, 0.1) is 0 Å². The van der Waals surface area contributed by atoms with E-state index < -0.39 is 35.8 Å². The minimum atomic E-state index is -5.08. The number of carbonyl (C=O) groups excluding carboxylic acids is 4. The number of aromatic nitrogens is 5. The van der Waals surface area contributed by atoms with E-state index in [9.17, 15) is 32.3 Å². The lowest BCUT2D eigenvalue weighted by Gasteiger charge is -2.36. The number of tetrazole rings is 1. The van der Waals surface area contributed by atoms with Gasteiger partial charge in [-0.05, 0) is 132 Å². The molecule has 0 aliphatic heterocycles. The van der Waals surface area contributed by atoms with Crippen LogP contribution in [0.4, 0.5) is 23.7 Å². The van der Waals surface area contributed by atoms with E-state index in [1.165, 1.54) is 0 Å². The maximum absolute atomic E-state index is 14.5. The minimum Gasteiger partial charge on any atom is -0.475 e. The molecule has 1 aliphatic rings. The largest absolute Gasteiger partial charge is 0.490 e. The Morgan fingerprint density at radius 1 is 0.908 bits per heavy atom. The highest BCUT2D eigenvalue weighted by atomic mass is 19.4. The van der Waals surface area contributed by atoms with Crippen LogP contribution in [-0.4, -0.2) is 116 Å². The van der Waals surface area contributed by atoms with E-state index in [4.69, 9.17) is 20.4 Å². The third-order valence-electron chi connectivity index (χ3n) is 10.8. The number of aromatic amines is 1. The standard InChI is InChI=1S/C43H58N10O5.C2HF3O2/c1-7-52(8-2)25-9-24-45-40(55)36-23-22-35(28(3)47-36)31-14-10-29(11-15-31)26-37(38(44)54)53(34-20-18-32(19-21-34)39-48-50-51-49-39)41(56)33-16-12-30(13-17-33)27-46-42(57)58-43(4,5)6;3-2(4,5)1(6)7/h10-11,14-15,18-23,30,33,37H,7-9,12-13,16-17,24-27H2,1-6H3,(H2,44,54)(H,45,55)(H,46,57)(H,48,49,50,51);(H,6,7)/t30?,33?,37-;/m0./s1. The second-order valence-electron chi connectivity index (χ2n) is 16.7. The van der Waals surface area contributed by atoms with Crippen LogP contribution in [0.5, 0.6) is 0 Å². The molecule has 1 fully saturated rings. The van der Waals surface area contributed by atoms with Crippen molar-refractivity contribution in [1.82, 2.24) is 41.1 Å². The topological polar surface area (TPSA) is 239 Å². The number of primary amides is 1. The van der Waals surface area contributed by atoms with Gasteiger partial charge in [-0.1, -0.05) is 44.2 Å². The summed E-state index contributed by atoms with van der Waals surface area (Å²) in [7, 11) is 0. The van der Waals surface area contributed by atoms with Gasteiger partial charge in [0, 0.05) is 47.9 Å². The minimum absolute atomic E-state index is 0.180. The van der Waals surface area contributed by atoms with Crippen molar-refractivity contribution in [2.24, 2.45) is 17.6 Å². The number of benzene rings is 2. The SMILES string of the molecule is CCN(CC)CCCNC(=O)c1ccc(-c2ccc(C[C@@H](C(N)=O)N(C(=O)C3CCC(CNC(=O)OC(C)(C)C)CC3)c3ccc(-c4nn[nH]n4)cc3)cc2)c(C)n1.O=C(O)C(F)(F)F. The van der Waals surface area contributed by atoms with Crippen molar-refractivity contribution < 1.29 is 47.0 Å². The van der Waals surface area contributed by atoms with Crippen molar-refractivity contribution in [2.45, 2.75) is 97.9 Å². The number of nitrogens with zero attached hydrogens (tertiary/aromatic N) is 6. The molecule has 0 radical (unpaired) electrons. The summed E-state index contributed by atoms with van der Waals surface area (Å²) in [5, 5.41) is 27.1. The monoisotopic (exact) mass is 908 g/mol. The number of rotatable bonds is 17. The van der Waals surface area contributed by atoms with E-state index in [-0.39, 0.29) is 30.1 Å². The van der Waals surface area contributed by atoms with Crippen molar-refractivity contribution >= 4 is 35.5 Å². The number of pyridine rings is 1. The number of aryl methyl sites for hydroxylation is 1. The number of anilines is 1. The average Bonchev–Trinajstić information content (AvgIpc) is 3.81. The molecule has 0 spiro atoms. The van der Waals surface area contributed by atoms with Crippen molar-refractivity contribution in [1.29, 1.82) is 0 Å². The Kier molecular flexibility index (Phi) is 18.5. The second kappa shape index (κ2) is 23.5. The van der Waals surface area contributed by atoms with Gasteiger partial charge < -0.3 is 31.1 Å². The lowest BCUT2D eigenvalue weighted by molar-refractivity contribution is -0.192. The Balaban J connectivity index is 0.00000122. The quantitative estimate of drug-likeness (QED) is 0.0757. The maximum atomic E-state index is 14.5. The molecule has 0 unspecified atom stereocenters. The first-order chi connectivity index (χ1) is 30.7. The predicted molar refractivity (Wildman–Crippen MR) is 236 cm³/mol. The molecule has 1 atom stereocenters. The normalized spacial score (nSPS) is 15.5. The summed E-state index contributed by atoms with van der Waals surface area (Å²) in [6, 6.07) is 17.5. The highest BCUT2D eigenvalue weighted by Gasteiger charge is 2.38. The fraction of sp³-hybridized carbons (Fsp3) is 0.489. The molecule has 352 valence electrons. The predicted octanol–water partition coefficient (Wildman–Crippen LogP) is 6.09. The molecule has 2 aromatic carbocycles. The molecule has 5 rings (SSSR count). The van der Waals surface area contributed by atoms with Gasteiger partial charge in [0.25, 0.3) is 5.91 Å². The molecule has 1 saturated carbocycles. The van der Waals surface area contributed by atoms with Crippen molar-refractivity contribution in [2.75, 3.05) is 37.6 Å². The Morgan fingerprint density at radius 3 is 2.05 bits per heavy atom. The lowest BCUT2D eigenvalue weighted by atomic mass is 9.81. The molecular weight excluding hydrogens is 850 g/mol. The van der Waals surface area contributed by atoms with Crippen LogP contribution in [0.25, 0.3) is 22.5 Å². The number of alkyl carbamates (subject to hydrolysis) is 1. The van der Waals surface area contributed by atoms with Crippen LogP contribution in [0.2, 0.25) is 0 Å². The Hall–Kier alpha value is -6.44. The van der Waals surface area contributed by atoms with Crippen molar-refractivity contribution in [3.63, 3.8) is 0 Å². The number of hydrogen-bond donors (Lipinski definition) is 5. The van der Waals surface area contributed by atoms with Crippen LogP contribution in [0, 0.1) is 18.8 Å². The molecule has 0 saturated heterocycles. The van der Waals surface area contributed by atoms with Gasteiger partial charge in [0.15, 0.2) is 0 Å². The lowest BCUT2D eigenvalue weighted by Crippen LogP contribution is -2.52. The molecule has 1 aliphatic carbocycles. The fourth-order valence-corrected chi connectivity index (χ4v) is 7.36. The van der Waals surface area contributed by atoms with Gasteiger partial charge in [-0.3, -0.25) is 19.3 Å². The first kappa shape index (κ1) is 51.2. The molecule has 4 amide bonds. The molecule has 17 nitrogen and oxygen atoms in total. The summed E-state index contributed by atoms with van der Waals surface area (Å²) in [6.45, 7) is 15.5. The third-order valence-corrected chi connectivity index (χ3v) is 10.8. The Morgan fingerprint density at radius 2 is 1.52 bits per heavy atom. The number of ether oxygens (including phenoxy) is 1. The molecule has 6 N–H and O–H groups in total. The summed E-state index contributed by atoms with van der Waals surface area (Å²) in [6.07, 6.45) is -1.82. The molecular formula is C45H59F3N10O7. The number of carbonyl (C=O) groups is 5.